The maximum atomic E-state index is 13.2. The summed E-state index contributed by atoms with van der Waals surface area (Å²) in [7, 11) is 0. The van der Waals surface area contributed by atoms with Crippen LogP contribution in [0.25, 0.3) is 0 Å². The normalized spacial score (nSPS) is 13.4. The predicted octanol–water partition coefficient (Wildman–Crippen LogP) is 3.71. The SMILES string of the molecule is CC(C)[C@@H](C[Se]c1ccccc1)NC(=O)[C@H](Cc1ccccc1)NC(=O)OC(C)(C)C. The zero-order valence-electron chi connectivity index (χ0n) is 19.1. The van der Waals surface area contributed by atoms with Gasteiger partial charge in [0.25, 0.3) is 0 Å². The fraction of sp³-hybridized carbons (Fsp3) is 0.440. The van der Waals surface area contributed by atoms with Crippen LogP contribution in [0, 0.1) is 5.92 Å². The molecule has 0 radical (unpaired) electrons. The number of benzene rings is 2. The first-order valence-electron chi connectivity index (χ1n) is 10.7. The first-order valence-corrected chi connectivity index (χ1v) is 12.7. The molecule has 168 valence electrons. The zero-order chi connectivity index (χ0) is 22.9. The van der Waals surface area contributed by atoms with E-state index in [9.17, 15) is 9.59 Å². The summed E-state index contributed by atoms with van der Waals surface area (Å²) in [4.78, 5) is 25.6. The third-order valence-corrected chi connectivity index (χ3v) is 6.97. The van der Waals surface area contributed by atoms with E-state index in [0.29, 0.717) is 6.42 Å². The fourth-order valence-electron chi connectivity index (χ4n) is 2.90. The first-order chi connectivity index (χ1) is 14.6. The van der Waals surface area contributed by atoms with Crippen LogP contribution < -0.4 is 15.1 Å². The van der Waals surface area contributed by atoms with Crippen LogP contribution >= 0.6 is 0 Å². The van der Waals surface area contributed by atoms with Crippen LogP contribution in [-0.2, 0) is 16.0 Å². The monoisotopic (exact) mass is 490 g/mol. The van der Waals surface area contributed by atoms with Crippen molar-refractivity contribution in [3.8, 4) is 0 Å². The summed E-state index contributed by atoms with van der Waals surface area (Å²) in [5.41, 5.74) is 0.351. The minimum atomic E-state index is -0.706. The van der Waals surface area contributed by atoms with Crippen LogP contribution in [0.4, 0.5) is 4.79 Å². The third kappa shape index (κ3) is 9.58. The zero-order valence-corrected chi connectivity index (χ0v) is 20.8. The van der Waals surface area contributed by atoms with Gasteiger partial charge in [-0.1, -0.05) is 0 Å². The van der Waals surface area contributed by atoms with Crippen LogP contribution in [0.3, 0.4) is 0 Å². The first kappa shape index (κ1) is 25.0. The molecule has 2 amide bonds. The van der Waals surface area contributed by atoms with Gasteiger partial charge in [0, 0.05) is 0 Å². The van der Waals surface area contributed by atoms with Crippen molar-refractivity contribution in [2.45, 2.75) is 64.0 Å². The molecule has 5 nitrogen and oxygen atoms in total. The van der Waals surface area contributed by atoms with Gasteiger partial charge in [-0.25, -0.2) is 0 Å². The Balaban J connectivity index is 2.08. The predicted molar refractivity (Wildman–Crippen MR) is 127 cm³/mol. The van der Waals surface area contributed by atoms with Crippen molar-refractivity contribution in [3.05, 3.63) is 66.2 Å². The van der Waals surface area contributed by atoms with Gasteiger partial charge in [-0.3, -0.25) is 0 Å². The summed E-state index contributed by atoms with van der Waals surface area (Å²) in [6.07, 6.45) is -0.182. The number of carbonyl (C=O) groups excluding carboxylic acids is 2. The Kier molecular flexibility index (Phi) is 9.60. The van der Waals surface area contributed by atoms with Gasteiger partial charge in [-0.05, 0) is 0 Å². The second-order valence-electron chi connectivity index (χ2n) is 8.87. The number of alkyl carbamates (subject to hydrolysis) is 1. The molecule has 2 atom stereocenters. The molecule has 0 aliphatic carbocycles. The summed E-state index contributed by atoms with van der Waals surface area (Å²) < 4.78 is 6.69. The molecule has 2 aromatic carbocycles. The summed E-state index contributed by atoms with van der Waals surface area (Å²) >= 11 is 0.261. The quantitative estimate of drug-likeness (QED) is 0.528. The summed E-state index contributed by atoms with van der Waals surface area (Å²) in [5, 5.41) is 6.85. The summed E-state index contributed by atoms with van der Waals surface area (Å²) in [5.74, 6) is 0.103. The molecule has 2 N–H and O–H groups in total. The van der Waals surface area contributed by atoms with Crippen LogP contribution in [0.5, 0.6) is 0 Å². The molecule has 0 saturated carbocycles. The van der Waals surface area contributed by atoms with Crippen molar-refractivity contribution in [2.75, 3.05) is 0 Å². The number of nitrogens with one attached hydrogen (secondary N) is 2. The van der Waals surface area contributed by atoms with Gasteiger partial charge in [0.05, 0.1) is 0 Å². The van der Waals surface area contributed by atoms with Gasteiger partial charge in [-0.15, -0.1) is 0 Å². The molecule has 0 bridgehead atoms. The fourth-order valence-corrected chi connectivity index (χ4v) is 5.39. The van der Waals surface area contributed by atoms with E-state index in [-0.39, 0.29) is 32.8 Å². The van der Waals surface area contributed by atoms with Gasteiger partial charge in [0.15, 0.2) is 0 Å². The number of amides is 2. The number of rotatable bonds is 9. The Bertz CT molecular complexity index is 820. The molecular weight excluding hydrogens is 455 g/mol. The Morgan fingerprint density at radius 1 is 0.935 bits per heavy atom. The van der Waals surface area contributed by atoms with Crippen molar-refractivity contribution in [1.29, 1.82) is 0 Å². The van der Waals surface area contributed by atoms with E-state index in [4.69, 9.17) is 4.74 Å². The van der Waals surface area contributed by atoms with Crippen LogP contribution in [0.1, 0.15) is 40.2 Å². The Hall–Kier alpha value is -2.30. The van der Waals surface area contributed by atoms with E-state index >= 15 is 0 Å². The second-order valence-corrected chi connectivity index (χ2v) is 11.2. The number of carbonyl (C=O) groups is 2. The number of ether oxygens (including phenoxy) is 1. The van der Waals surface area contributed by atoms with E-state index < -0.39 is 17.7 Å². The van der Waals surface area contributed by atoms with E-state index in [0.717, 1.165) is 10.9 Å². The maximum absolute atomic E-state index is 13.2. The molecule has 2 aromatic rings. The molecule has 0 heterocycles. The van der Waals surface area contributed by atoms with Gasteiger partial charge < -0.3 is 0 Å². The number of hydrogen-bond donors (Lipinski definition) is 2. The molecule has 6 heteroatoms. The average molecular weight is 490 g/mol. The van der Waals surface area contributed by atoms with Crippen molar-refractivity contribution < 1.29 is 14.3 Å². The van der Waals surface area contributed by atoms with E-state index in [1.54, 1.807) is 20.8 Å². The molecule has 2 rings (SSSR count). The van der Waals surface area contributed by atoms with Crippen LogP contribution in [0.2, 0.25) is 5.32 Å². The standard InChI is InChI=1S/C25H34N2O3Se/c1-18(2)22(17-31-20-14-10-7-11-15-20)26-23(28)21(16-19-12-8-6-9-13-19)27-24(29)30-25(3,4)5/h6-15,18,21-22H,16-17H2,1-5H3,(H,26,28)(H,27,29)/t21-,22+/m0/s1. The Labute approximate surface area is 192 Å². The molecule has 0 aliphatic heterocycles. The van der Waals surface area contributed by atoms with E-state index in [2.05, 4.69) is 36.6 Å². The molecule has 0 fully saturated rings. The van der Waals surface area contributed by atoms with Gasteiger partial charge in [0.1, 0.15) is 0 Å². The molecule has 31 heavy (non-hydrogen) atoms. The molecule has 0 saturated heterocycles. The van der Waals surface area contributed by atoms with E-state index in [1.165, 1.54) is 4.46 Å². The van der Waals surface area contributed by atoms with Crippen LogP contribution in [-0.4, -0.2) is 44.6 Å². The van der Waals surface area contributed by atoms with Gasteiger partial charge >= 0.3 is 193 Å². The summed E-state index contributed by atoms with van der Waals surface area (Å²) in [6.45, 7) is 9.64. The van der Waals surface area contributed by atoms with Crippen molar-refractivity contribution in [3.63, 3.8) is 0 Å². The molecule has 0 aliphatic rings. The molecule has 0 spiro atoms. The molecule has 0 unspecified atom stereocenters. The Morgan fingerprint density at radius 2 is 1.52 bits per heavy atom. The molecule has 0 aromatic heterocycles. The Morgan fingerprint density at radius 3 is 2.06 bits per heavy atom. The molecular formula is C25H34N2O3Se. The number of hydrogen-bond acceptors (Lipinski definition) is 3. The minimum absolute atomic E-state index is 0.0337. The van der Waals surface area contributed by atoms with Crippen molar-refractivity contribution in [1.82, 2.24) is 10.6 Å². The van der Waals surface area contributed by atoms with E-state index in [1.807, 2.05) is 48.5 Å². The topological polar surface area (TPSA) is 67.4 Å². The van der Waals surface area contributed by atoms with Crippen molar-refractivity contribution >= 4 is 31.4 Å². The average Bonchev–Trinajstić information content (AvgIpc) is 2.70. The second kappa shape index (κ2) is 11.9. The summed E-state index contributed by atoms with van der Waals surface area (Å²) in [6, 6.07) is 19.4. The third-order valence-electron chi connectivity index (χ3n) is 4.60. The van der Waals surface area contributed by atoms with Crippen LogP contribution in [0.15, 0.2) is 60.7 Å². The van der Waals surface area contributed by atoms with Crippen molar-refractivity contribution in [2.24, 2.45) is 5.92 Å². The van der Waals surface area contributed by atoms with Gasteiger partial charge in [-0.2, -0.15) is 0 Å². The van der Waals surface area contributed by atoms with Gasteiger partial charge in [0.2, 0.25) is 0 Å².